The first-order valence-electron chi connectivity index (χ1n) is 11.3. The fourth-order valence-electron chi connectivity index (χ4n) is 4.86. The van der Waals surface area contributed by atoms with Crippen LogP contribution in [-0.4, -0.2) is 34.7 Å². The molecule has 1 fully saturated rings. The van der Waals surface area contributed by atoms with E-state index in [1.165, 1.54) is 25.3 Å². The lowest BCUT2D eigenvalue weighted by Crippen LogP contribution is -2.62. The number of halogens is 3. The van der Waals surface area contributed by atoms with E-state index in [0.717, 1.165) is 36.7 Å². The van der Waals surface area contributed by atoms with Gasteiger partial charge >= 0.3 is 11.9 Å². The third-order valence-corrected chi connectivity index (χ3v) is 6.63. The zero-order valence-electron chi connectivity index (χ0n) is 19.0. The number of anilines is 1. The van der Waals surface area contributed by atoms with Crippen LogP contribution in [0.3, 0.4) is 0 Å². The molecule has 0 unspecified atom stereocenters. The highest BCUT2D eigenvalue weighted by atomic mass is 19.4. The van der Waals surface area contributed by atoms with Crippen LogP contribution < -0.4 is 26.6 Å². The van der Waals surface area contributed by atoms with Crippen molar-refractivity contribution < 1.29 is 27.5 Å². The Morgan fingerprint density at radius 1 is 1.20 bits per heavy atom. The van der Waals surface area contributed by atoms with Crippen molar-refractivity contribution >= 4 is 17.6 Å². The number of amides is 2. The van der Waals surface area contributed by atoms with Gasteiger partial charge in [0.15, 0.2) is 0 Å². The molecule has 2 aliphatic rings. The van der Waals surface area contributed by atoms with Crippen LogP contribution >= 0.6 is 0 Å². The number of hydrogen-bond donors (Lipinski definition) is 3. The molecule has 2 heterocycles. The summed E-state index contributed by atoms with van der Waals surface area (Å²) in [5.41, 5.74) is -7.18. The normalized spacial score (nSPS) is 20.3. The number of nitrogens with one attached hydrogen (secondary N) is 3. The van der Waals surface area contributed by atoms with E-state index in [1.54, 1.807) is 11.4 Å². The van der Waals surface area contributed by atoms with E-state index >= 15 is 0 Å². The summed E-state index contributed by atoms with van der Waals surface area (Å²) in [5, 5.41) is 3.82. The van der Waals surface area contributed by atoms with Gasteiger partial charge in [0.05, 0.1) is 12.8 Å². The van der Waals surface area contributed by atoms with E-state index in [1.807, 2.05) is 10.3 Å². The van der Waals surface area contributed by atoms with Gasteiger partial charge in [-0.05, 0) is 24.5 Å². The lowest BCUT2D eigenvalue weighted by Gasteiger charge is -2.30. The zero-order chi connectivity index (χ0) is 25.4. The summed E-state index contributed by atoms with van der Waals surface area (Å²) in [6, 6.07) is 5.78. The molecule has 2 amide bonds. The highest BCUT2D eigenvalue weighted by Crippen LogP contribution is 2.45. The van der Waals surface area contributed by atoms with E-state index < -0.39 is 46.2 Å². The number of carbonyl (C=O) groups excluding carboxylic acids is 2. The molecule has 0 spiro atoms. The number of rotatable bonds is 6. The van der Waals surface area contributed by atoms with Crippen LogP contribution in [0.5, 0.6) is 5.75 Å². The van der Waals surface area contributed by atoms with Gasteiger partial charge in [0, 0.05) is 12.5 Å². The van der Waals surface area contributed by atoms with Crippen molar-refractivity contribution in [3.8, 4) is 11.4 Å². The van der Waals surface area contributed by atoms with Crippen LogP contribution in [0.1, 0.15) is 50.5 Å². The first-order chi connectivity index (χ1) is 16.6. The van der Waals surface area contributed by atoms with Gasteiger partial charge < -0.3 is 15.4 Å². The van der Waals surface area contributed by atoms with Crippen LogP contribution in [-0.2, 0) is 15.1 Å². The van der Waals surface area contributed by atoms with E-state index in [0.29, 0.717) is 6.42 Å². The highest BCUT2D eigenvalue weighted by molar-refractivity contribution is 6.07. The molecule has 9 nitrogen and oxygen atoms in total. The molecule has 1 aliphatic heterocycles. The van der Waals surface area contributed by atoms with Crippen LogP contribution in [0.4, 0.5) is 19.0 Å². The number of fused-ring (bicyclic) bond motifs is 1. The van der Waals surface area contributed by atoms with Gasteiger partial charge in [-0.25, -0.2) is 9.36 Å². The highest BCUT2D eigenvalue weighted by Gasteiger charge is 2.68. The van der Waals surface area contributed by atoms with Gasteiger partial charge in [0.1, 0.15) is 17.1 Å². The summed E-state index contributed by atoms with van der Waals surface area (Å²) in [4.78, 5) is 52.7. The van der Waals surface area contributed by atoms with Gasteiger partial charge in [0.2, 0.25) is 11.4 Å². The van der Waals surface area contributed by atoms with Crippen molar-refractivity contribution in [3.63, 3.8) is 0 Å². The minimum Gasteiger partial charge on any atom is -0.497 e. The molecule has 188 valence electrons. The topological polar surface area (TPSA) is 122 Å². The molecule has 1 aromatic heterocycles. The fraction of sp³-hybridized carbons (Fsp3) is 0.478. The quantitative estimate of drug-likeness (QED) is 0.570. The number of ether oxygens (including phenoxy) is 1. The number of benzene rings is 1. The minimum absolute atomic E-state index is 0.0451. The smallest absolute Gasteiger partial charge is 0.425 e. The first-order valence-corrected chi connectivity index (χ1v) is 11.3. The molecule has 3 N–H and O–H groups in total. The van der Waals surface area contributed by atoms with Crippen molar-refractivity contribution in [3.05, 3.63) is 50.7 Å². The van der Waals surface area contributed by atoms with Crippen molar-refractivity contribution in [1.82, 2.24) is 14.9 Å². The molecule has 1 aromatic carbocycles. The Labute approximate surface area is 197 Å². The Kier molecular flexibility index (Phi) is 6.48. The molecular weight excluding hydrogens is 469 g/mol. The molecule has 1 atom stereocenters. The summed E-state index contributed by atoms with van der Waals surface area (Å²) in [6.07, 6.45) is -0.314. The number of aromatic amines is 1. The Balaban J connectivity index is 1.78. The standard InChI is InChI=1S/C23H25F3N4O5/c1-35-15-9-5-8-14(12-15)30-18-17(19(32)28-21(30)34)22(20(33)27-18,23(24,25)26)29-16(31)11-10-13-6-3-2-4-7-13/h5,8-9,12-13H,2-4,6-7,10-11H2,1H3,(H,27,33)(H,29,31)(H,28,32,34)/t22-/m1/s1. The molecule has 2 aromatic rings. The number of hydrogen-bond acceptors (Lipinski definition) is 5. The minimum atomic E-state index is -5.37. The third-order valence-electron chi connectivity index (χ3n) is 6.63. The second-order valence-electron chi connectivity index (χ2n) is 8.81. The molecule has 4 rings (SSSR count). The third kappa shape index (κ3) is 4.32. The molecule has 1 aliphatic carbocycles. The zero-order valence-corrected chi connectivity index (χ0v) is 19.0. The number of H-pyrrole nitrogens is 1. The number of methoxy groups -OCH3 is 1. The van der Waals surface area contributed by atoms with Gasteiger partial charge in [-0.15, -0.1) is 0 Å². The monoisotopic (exact) mass is 494 g/mol. The summed E-state index contributed by atoms with van der Waals surface area (Å²) in [6.45, 7) is 0. The lowest BCUT2D eigenvalue weighted by atomic mass is 9.85. The van der Waals surface area contributed by atoms with Gasteiger partial charge in [0.25, 0.3) is 11.5 Å². The maximum absolute atomic E-state index is 14.5. The SMILES string of the molecule is COc1cccc(-n2c3c(c(=O)[nH]c2=O)[C@](NC(=O)CCC2CCCCC2)(C(F)(F)F)C(=O)N3)c1. The van der Waals surface area contributed by atoms with Crippen molar-refractivity contribution in [2.45, 2.75) is 56.7 Å². The Hall–Kier alpha value is -3.57. The van der Waals surface area contributed by atoms with Crippen LogP contribution in [0.2, 0.25) is 0 Å². The average molecular weight is 494 g/mol. The average Bonchev–Trinajstić information content (AvgIpc) is 3.11. The Morgan fingerprint density at radius 3 is 2.57 bits per heavy atom. The predicted octanol–water partition coefficient (Wildman–Crippen LogP) is 2.72. The van der Waals surface area contributed by atoms with Crippen molar-refractivity contribution in [2.75, 3.05) is 12.4 Å². The van der Waals surface area contributed by atoms with Gasteiger partial charge in [-0.1, -0.05) is 38.2 Å². The van der Waals surface area contributed by atoms with Gasteiger partial charge in [-0.3, -0.25) is 19.4 Å². The van der Waals surface area contributed by atoms with E-state index in [9.17, 15) is 32.3 Å². The van der Waals surface area contributed by atoms with Crippen LogP contribution in [0.15, 0.2) is 33.9 Å². The Morgan fingerprint density at radius 2 is 1.91 bits per heavy atom. The van der Waals surface area contributed by atoms with Crippen LogP contribution in [0, 0.1) is 5.92 Å². The van der Waals surface area contributed by atoms with E-state index in [4.69, 9.17) is 4.74 Å². The molecule has 12 heteroatoms. The molecular formula is C23H25F3N4O5. The second kappa shape index (κ2) is 9.23. The van der Waals surface area contributed by atoms with Crippen molar-refractivity contribution in [1.29, 1.82) is 0 Å². The maximum Gasteiger partial charge on any atom is 0.425 e. The molecule has 35 heavy (non-hydrogen) atoms. The molecule has 0 saturated heterocycles. The van der Waals surface area contributed by atoms with Crippen LogP contribution in [0.25, 0.3) is 5.69 Å². The lowest BCUT2D eigenvalue weighted by molar-refractivity contribution is -0.200. The number of nitrogens with zero attached hydrogens (tertiary/aromatic N) is 1. The van der Waals surface area contributed by atoms with E-state index in [2.05, 4.69) is 0 Å². The molecule has 0 radical (unpaired) electrons. The summed E-state index contributed by atoms with van der Waals surface area (Å²) >= 11 is 0. The molecule has 0 bridgehead atoms. The number of aromatic nitrogens is 2. The number of carbonyl (C=O) groups is 2. The number of alkyl halides is 3. The maximum atomic E-state index is 14.5. The van der Waals surface area contributed by atoms with Gasteiger partial charge in [-0.2, -0.15) is 13.2 Å². The van der Waals surface area contributed by atoms with Crippen molar-refractivity contribution in [2.24, 2.45) is 5.92 Å². The largest absolute Gasteiger partial charge is 0.497 e. The summed E-state index contributed by atoms with van der Waals surface area (Å²) in [7, 11) is 1.36. The first kappa shape index (κ1) is 24.6. The second-order valence-corrected chi connectivity index (χ2v) is 8.81. The fourth-order valence-corrected chi connectivity index (χ4v) is 4.86. The van der Waals surface area contributed by atoms with E-state index in [-0.39, 0.29) is 23.8 Å². The summed E-state index contributed by atoms with van der Waals surface area (Å²) < 4.78 is 49.3. The Bertz CT molecular complexity index is 1260. The predicted molar refractivity (Wildman–Crippen MR) is 120 cm³/mol. The summed E-state index contributed by atoms with van der Waals surface area (Å²) in [5.74, 6) is -2.82. The molecule has 1 saturated carbocycles.